The number of urea groups is 1. The number of nitrogens with one attached hydrogen (secondary N) is 2. The van der Waals surface area contributed by atoms with Crippen molar-refractivity contribution in [3.63, 3.8) is 0 Å². The van der Waals surface area contributed by atoms with Crippen LogP contribution < -0.4 is 15.4 Å². The van der Waals surface area contributed by atoms with Gasteiger partial charge in [-0.3, -0.25) is 19.7 Å². The fourth-order valence-corrected chi connectivity index (χ4v) is 5.79. The van der Waals surface area contributed by atoms with Crippen molar-refractivity contribution in [2.75, 3.05) is 11.9 Å². The Kier molecular flexibility index (Phi) is 8.61. The van der Waals surface area contributed by atoms with Crippen molar-refractivity contribution in [2.45, 2.75) is 13.5 Å². The first kappa shape index (κ1) is 27.5. The fourth-order valence-electron chi connectivity index (χ4n) is 3.66. The maximum atomic E-state index is 12.9. The second-order valence-electron chi connectivity index (χ2n) is 8.33. The summed E-state index contributed by atoms with van der Waals surface area (Å²) in [6, 6.07) is 16.3. The van der Waals surface area contributed by atoms with E-state index in [-0.39, 0.29) is 18.0 Å². The molecule has 1 aliphatic rings. The first-order chi connectivity index (χ1) is 18.1. The highest BCUT2D eigenvalue weighted by molar-refractivity contribution is 14.1. The van der Waals surface area contributed by atoms with Crippen LogP contribution in [0.5, 0.6) is 5.75 Å². The third-order valence-corrected chi connectivity index (χ3v) is 7.00. The molecular formula is C26H20I2N4O6. The summed E-state index contributed by atoms with van der Waals surface area (Å²) >= 11 is 4.19. The SMILES string of the molecule is Cc1cccc(NC(=O)CN2C(=O)N/C(=C/c3cc(I)c(OCc4cccc([N+](=O)[O-])c4)c(I)c3)C2=O)c1. The monoisotopic (exact) mass is 738 g/mol. The van der Waals surface area contributed by atoms with Gasteiger partial charge in [-0.25, -0.2) is 9.69 Å². The number of ether oxygens (including phenoxy) is 1. The molecule has 1 heterocycles. The molecular weight excluding hydrogens is 718 g/mol. The number of carbonyl (C=O) groups is 3. The molecule has 0 spiro atoms. The van der Waals surface area contributed by atoms with E-state index in [1.54, 1.807) is 42.5 Å². The van der Waals surface area contributed by atoms with Crippen LogP contribution in [-0.4, -0.2) is 34.2 Å². The summed E-state index contributed by atoms with van der Waals surface area (Å²) in [6.45, 7) is 1.61. The molecule has 38 heavy (non-hydrogen) atoms. The van der Waals surface area contributed by atoms with Crippen molar-refractivity contribution in [1.82, 2.24) is 10.2 Å². The van der Waals surface area contributed by atoms with Crippen LogP contribution in [0, 0.1) is 24.2 Å². The third-order valence-electron chi connectivity index (χ3n) is 5.40. The summed E-state index contributed by atoms with van der Waals surface area (Å²) in [5, 5.41) is 16.2. The molecule has 10 nitrogen and oxygen atoms in total. The van der Waals surface area contributed by atoms with Crippen molar-refractivity contribution in [3.8, 4) is 5.75 Å². The van der Waals surface area contributed by atoms with Gasteiger partial charge in [-0.1, -0.05) is 24.3 Å². The van der Waals surface area contributed by atoms with Crippen molar-refractivity contribution < 1.29 is 24.0 Å². The van der Waals surface area contributed by atoms with E-state index in [2.05, 4.69) is 55.8 Å². The molecule has 2 N–H and O–H groups in total. The second-order valence-corrected chi connectivity index (χ2v) is 10.7. The zero-order valence-electron chi connectivity index (χ0n) is 19.9. The van der Waals surface area contributed by atoms with Crippen LogP contribution in [0.3, 0.4) is 0 Å². The molecule has 0 radical (unpaired) electrons. The molecule has 4 amide bonds. The highest BCUT2D eigenvalue weighted by atomic mass is 127. The summed E-state index contributed by atoms with van der Waals surface area (Å²) in [6.07, 6.45) is 1.54. The minimum absolute atomic E-state index is 0.0116. The van der Waals surface area contributed by atoms with Gasteiger partial charge in [-0.15, -0.1) is 0 Å². The van der Waals surface area contributed by atoms with Gasteiger partial charge >= 0.3 is 6.03 Å². The van der Waals surface area contributed by atoms with E-state index in [0.29, 0.717) is 22.6 Å². The number of hydrogen-bond donors (Lipinski definition) is 2. The summed E-state index contributed by atoms with van der Waals surface area (Å²) in [7, 11) is 0. The van der Waals surface area contributed by atoms with Gasteiger partial charge in [0, 0.05) is 17.8 Å². The molecule has 0 aliphatic carbocycles. The molecule has 1 fully saturated rings. The lowest BCUT2D eigenvalue weighted by atomic mass is 10.1. The number of anilines is 1. The Balaban J connectivity index is 1.44. The lowest BCUT2D eigenvalue weighted by Crippen LogP contribution is -2.38. The predicted octanol–water partition coefficient (Wildman–Crippen LogP) is 5.22. The molecule has 194 valence electrons. The largest absolute Gasteiger partial charge is 0.487 e. The van der Waals surface area contributed by atoms with E-state index < -0.39 is 29.3 Å². The molecule has 1 saturated heterocycles. The van der Waals surface area contributed by atoms with Gasteiger partial charge in [-0.05, 0) is 99.1 Å². The van der Waals surface area contributed by atoms with Crippen molar-refractivity contribution in [3.05, 3.63) is 100 Å². The van der Waals surface area contributed by atoms with E-state index in [1.807, 2.05) is 13.0 Å². The lowest BCUT2D eigenvalue weighted by Gasteiger charge is -2.12. The smallest absolute Gasteiger partial charge is 0.329 e. The maximum Gasteiger partial charge on any atom is 0.329 e. The maximum absolute atomic E-state index is 12.9. The van der Waals surface area contributed by atoms with Crippen LogP contribution in [0.15, 0.2) is 66.4 Å². The molecule has 12 heteroatoms. The number of non-ortho nitro benzene ring substituents is 1. The molecule has 0 unspecified atom stereocenters. The van der Waals surface area contributed by atoms with Gasteiger partial charge in [0.15, 0.2) is 0 Å². The van der Waals surface area contributed by atoms with Gasteiger partial charge < -0.3 is 15.4 Å². The minimum atomic E-state index is -0.679. The lowest BCUT2D eigenvalue weighted by molar-refractivity contribution is -0.384. The Labute approximate surface area is 244 Å². The second kappa shape index (κ2) is 11.9. The van der Waals surface area contributed by atoms with Crippen molar-refractivity contribution in [2.24, 2.45) is 0 Å². The average molecular weight is 738 g/mol. The van der Waals surface area contributed by atoms with Crippen LogP contribution in [0.1, 0.15) is 16.7 Å². The quantitative estimate of drug-likeness (QED) is 0.107. The number of aryl methyl sites for hydroxylation is 1. The highest BCUT2D eigenvalue weighted by Gasteiger charge is 2.35. The number of imide groups is 1. The van der Waals surface area contributed by atoms with Gasteiger partial charge in [0.25, 0.3) is 11.6 Å². The molecule has 1 aliphatic heterocycles. The third kappa shape index (κ3) is 6.66. The van der Waals surface area contributed by atoms with Crippen molar-refractivity contribution in [1.29, 1.82) is 0 Å². The summed E-state index contributed by atoms with van der Waals surface area (Å²) in [5.74, 6) is -0.504. The van der Waals surface area contributed by atoms with E-state index in [4.69, 9.17) is 4.74 Å². The van der Waals surface area contributed by atoms with Gasteiger partial charge in [0.1, 0.15) is 24.6 Å². The normalized spacial score (nSPS) is 14.0. The number of rotatable bonds is 8. The first-order valence-electron chi connectivity index (χ1n) is 11.2. The number of benzene rings is 3. The average Bonchev–Trinajstić information content (AvgIpc) is 3.11. The number of halogens is 2. The Morgan fingerprint density at radius 1 is 1.11 bits per heavy atom. The summed E-state index contributed by atoms with van der Waals surface area (Å²) in [4.78, 5) is 49.1. The number of carbonyl (C=O) groups excluding carboxylic acids is 3. The zero-order chi connectivity index (χ0) is 27.4. The van der Waals surface area contributed by atoms with Gasteiger partial charge in [0.2, 0.25) is 5.91 Å². The van der Waals surface area contributed by atoms with E-state index in [9.17, 15) is 24.5 Å². The Morgan fingerprint density at radius 3 is 2.50 bits per heavy atom. The van der Waals surface area contributed by atoms with Crippen LogP contribution in [0.2, 0.25) is 0 Å². The molecule has 4 rings (SSSR count). The summed E-state index contributed by atoms with van der Waals surface area (Å²) in [5.41, 5.74) is 2.89. The van der Waals surface area contributed by atoms with Crippen molar-refractivity contribution >= 4 is 80.5 Å². The molecule has 3 aromatic rings. The van der Waals surface area contributed by atoms with E-state index in [0.717, 1.165) is 17.6 Å². The fraction of sp³-hybridized carbons (Fsp3) is 0.115. The first-order valence-corrected chi connectivity index (χ1v) is 13.3. The number of nitrogens with zero attached hydrogens (tertiary/aromatic N) is 2. The standard InChI is InChI=1S/C26H20I2N4O6/c1-15-4-2-6-18(8-15)29-23(33)13-31-25(34)22(30-26(31)35)12-17-10-20(27)24(21(28)11-17)38-14-16-5-3-7-19(9-16)32(36)37/h2-12H,13-14H2,1H3,(H,29,33)(H,30,35)/b22-12+. The van der Waals surface area contributed by atoms with Crippen LogP contribution in [0.4, 0.5) is 16.2 Å². The number of hydrogen-bond acceptors (Lipinski definition) is 6. The molecule has 0 saturated carbocycles. The number of nitro groups is 1. The van der Waals surface area contributed by atoms with Gasteiger partial charge in [-0.2, -0.15) is 0 Å². The topological polar surface area (TPSA) is 131 Å². The van der Waals surface area contributed by atoms with Crippen LogP contribution >= 0.6 is 45.2 Å². The number of nitro benzene ring substituents is 1. The predicted molar refractivity (Wildman–Crippen MR) is 157 cm³/mol. The Hall–Kier alpha value is -3.53. The van der Waals surface area contributed by atoms with Gasteiger partial charge in [0.05, 0.1) is 12.1 Å². The zero-order valence-corrected chi connectivity index (χ0v) is 24.2. The number of amides is 4. The van der Waals surface area contributed by atoms with Crippen LogP contribution in [-0.2, 0) is 16.2 Å². The Bertz CT molecular complexity index is 1470. The molecule has 0 bridgehead atoms. The Morgan fingerprint density at radius 2 is 1.82 bits per heavy atom. The molecule has 3 aromatic carbocycles. The molecule has 0 aromatic heterocycles. The highest BCUT2D eigenvalue weighted by Crippen LogP contribution is 2.31. The summed E-state index contributed by atoms with van der Waals surface area (Å²) < 4.78 is 7.42. The van der Waals surface area contributed by atoms with Crippen LogP contribution in [0.25, 0.3) is 6.08 Å². The van der Waals surface area contributed by atoms with E-state index >= 15 is 0 Å². The molecule has 0 atom stereocenters. The van der Waals surface area contributed by atoms with E-state index in [1.165, 1.54) is 18.2 Å². The minimum Gasteiger partial charge on any atom is -0.487 e.